The van der Waals surface area contributed by atoms with E-state index in [0.29, 0.717) is 24.7 Å². The summed E-state index contributed by atoms with van der Waals surface area (Å²) in [5, 5.41) is 3.74. The summed E-state index contributed by atoms with van der Waals surface area (Å²) in [5.41, 5.74) is 7.79. The third kappa shape index (κ3) is 2.41. The Balaban J connectivity index is 2.11. The smallest absolute Gasteiger partial charge is 0.231 e. The molecule has 15 heavy (non-hydrogen) atoms. The highest BCUT2D eigenvalue weighted by Crippen LogP contribution is 2.08. The zero-order valence-electron chi connectivity index (χ0n) is 8.60. The average Bonchev–Trinajstić information content (AvgIpc) is 2.69. The fourth-order valence-corrected chi connectivity index (χ4v) is 1.33. The maximum Gasteiger partial charge on any atom is 0.231 e. The molecular weight excluding hydrogens is 190 g/mol. The van der Waals surface area contributed by atoms with Gasteiger partial charge in [-0.25, -0.2) is 0 Å². The molecule has 1 aromatic heterocycles. The normalized spacial score (nSPS) is 10.5. The first-order chi connectivity index (χ1) is 7.28. The van der Waals surface area contributed by atoms with E-state index in [9.17, 15) is 0 Å². The van der Waals surface area contributed by atoms with Gasteiger partial charge in [0.2, 0.25) is 5.89 Å². The SMILES string of the molecule is Cc1ccc(Cc2nc(CN)no2)cc1. The molecule has 0 saturated heterocycles. The second kappa shape index (κ2) is 4.23. The van der Waals surface area contributed by atoms with E-state index in [-0.39, 0.29) is 0 Å². The number of nitrogens with two attached hydrogens (primary N) is 1. The number of hydrogen-bond donors (Lipinski definition) is 1. The minimum Gasteiger partial charge on any atom is -0.339 e. The molecule has 0 amide bonds. The maximum atomic E-state index is 5.39. The first-order valence-corrected chi connectivity index (χ1v) is 4.85. The topological polar surface area (TPSA) is 64.9 Å². The molecule has 0 radical (unpaired) electrons. The molecule has 0 bridgehead atoms. The van der Waals surface area contributed by atoms with Crippen LogP contribution < -0.4 is 5.73 Å². The molecule has 1 heterocycles. The molecule has 0 spiro atoms. The van der Waals surface area contributed by atoms with Gasteiger partial charge in [0.25, 0.3) is 0 Å². The molecule has 1 aromatic carbocycles. The molecule has 78 valence electrons. The van der Waals surface area contributed by atoms with Crippen molar-refractivity contribution in [3.63, 3.8) is 0 Å². The summed E-state index contributed by atoms with van der Waals surface area (Å²) in [5.74, 6) is 1.16. The van der Waals surface area contributed by atoms with Gasteiger partial charge in [0, 0.05) is 0 Å². The van der Waals surface area contributed by atoms with Gasteiger partial charge in [0.05, 0.1) is 13.0 Å². The molecule has 0 aliphatic rings. The van der Waals surface area contributed by atoms with Crippen LogP contribution in [-0.2, 0) is 13.0 Å². The highest BCUT2D eigenvalue weighted by atomic mass is 16.5. The lowest BCUT2D eigenvalue weighted by atomic mass is 10.1. The summed E-state index contributed by atoms with van der Waals surface area (Å²) in [6, 6.07) is 8.24. The van der Waals surface area contributed by atoms with Crippen molar-refractivity contribution < 1.29 is 4.52 Å². The molecule has 2 rings (SSSR count). The highest BCUT2D eigenvalue weighted by molar-refractivity contribution is 5.23. The largest absolute Gasteiger partial charge is 0.339 e. The van der Waals surface area contributed by atoms with Crippen LogP contribution >= 0.6 is 0 Å². The lowest BCUT2D eigenvalue weighted by molar-refractivity contribution is 0.379. The highest BCUT2D eigenvalue weighted by Gasteiger charge is 2.05. The van der Waals surface area contributed by atoms with Crippen molar-refractivity contribution in [2.45, 2.75) is 19.9 Å². The van der Waals surface area contributed by atoms with Gasteiger partial charge in [-0.2, -0.15) is 4.98 Å². The summed E-state index contributed by atoms with van der Waals surface area (Å²) in [7, 11) is 0. The fraction of sp³-hybridized carbons (Fsp3) is 0.273. The fourth-order valence-electron chi connectivity index (χ4n) is 1.33. The molecule has 0 aliphatic carbocycles. The van der Waals surface area contributed by atoms with Gasteiger partial charge in [0.1, 0.15) is 0 Å². The van der Waals surface area contributed by atoms with Crippen LogP contribution in [0.15, 0.2) is 28.8 Å². The standard InChI is InChI=1S/C11H13N3O/c1-8-2-4-9(5-3-8)6-11-13-10(7-12)14-15-11/h2-5H,6-7,12H2,1H3. The number of aromatic nitrogens is 2. The summed E-state index contributed by atoms with van der Waals surface area (Å²) in [6.45, 7) is 2.38. The molecule has 2 aromatic rings. The Hall–Kier alpha value is -1.68. The van der Waals surface area contributed by atoms with E-state index in [0.717, 1.165) is 5.56 Å². The van der Waals surface area contributed by atoms with Crippen molar-refractivity contribution in [1.82, 2.24) is 10.1 Å². The van der Waals surface area contributed by atoms with Crippen molar-refractivity contribution >= 4 is 0 Å². The van der Waals surface area contributed by atoms with E-state index in [2.05, 4.69) is 41.3 Å². The lowest BCUT2D eigenvalue weighted by Crippen LogP contribution is -1.98. The number of rotatable bonds is 3. The van der Waals surface area contributed by atoms with E-state index in [1.54, 1.807) is 0 Å². The molecule has 4 heteroatoms. The van der Waals surface area contributed by atoms with Crippen LogP contribution in [0.25, 0.3) is 0 Å². The number of benzene rings is 1. The van der Waals surface area contributed by atoms with Crippen molar-refractivity contribution in [1.29, 1.82) is 0 Å². The van der Waals surface area contributed by atoms with Crippen LogP contribution in [0.1, 0.15) is 22.8 Å². The Morgan fingerprint density at radius 2 is 2.00 bits per heavy atom. The molecule has 0 aliphatic heterocycles. The third-order valence-corrected chi connectivity index (χ3v) is 2.17. The van der Waals surface area contributed by atoms with Crippen molar-refractivity contribution in [2.75, 3.05) is 0 Å². The van der Waals surface area contributed by atoms with Gasteiger partial charge in [-0.15, -0.1) is 0 Å². The number of aryl methyl sites for hydroxylation is 1. The van der Waals surface area contributed by atoms with E-state index >= 15 is 0 Å². The third-order valence-electron chi connectivity index (χ3n) is 2.17. The zero-order chi connectivity index (χ0) is 10.7. The molecule has 4 nitrogen and oxygen atoms in total. The Morgan fingerprint density at radius 3 is 2.60 bits per heavy atom. The molecule has 0 fully saturated rings. The quantitative estimate of drug-likeness (QED) is 0.819. The Kier molecular flexibility index (Phi) is 2.78. The van der Waals surface area contributed by atoms with Gasteiger partial charge in [-0.3, -0.25) is 0 Å². The number of hydrogen-bond acceptors (Lipinski definition) is 4. The first kappa shape index (κ1) is 9.86. The predicted molar refractivity (Wildman–Crippen MR) is 56.2 cm³/mol. The Bertz CT molecular complexity index is 433. The van der Waals surface area contributed by atoms with Gasteiger partial charge in [-0.1, -0.05) is 35.0 Å². The monoisotopic (exact) mass is 203 g/mol. The van der Waals surface area contributed by atoms with Crippen molar-refractivity contribution in [3.05, 3.63) is 47.1 Å². The minimum atomic E-state index is 0.317. The van der Waals surface area contributed by atoms with Crippen molar-refractivity contribution in [3.8, 4) is 0 Å². The van der Waals surface area contributed by atoms with Crippen LogP contribution in [0, 0.1) is 6.92 Å². The second-order valence-corrected chi connectivity index (χ2v) is 3.47. The van der Waals surface area contributed by atoms with Crippen LogP contribution in [0.5, 0.6) is 0 Å². The summed E-state index contributed by atoms with van der Waals surface area (Å²) < 4.78 is 5.05. The van der Waals surface area contributed by atoms with Crippen LogP contribution in [0.2, 0.25) is 0 Å². The average molecular weight is 203 g/mol. The predicted octanol–water partition coefficient (Wildman–Crippen LogP) is 1.43. The number of nitrogens with zero attached hydrogens (tertiary/aromatic N) is 2. The van der Waals surface area contributed by atoms with Gasteiger partial charge in [-0.05, 0) is 12.5 Å². The molecule has 0 saturated carbocycles. The van der Waals surface area contributed by atoms with Crippen LogP contribution in [-0.4, -0.2) is 10.1 Å². The second-order valence-electron chi connectivity index (χ2n) is 3.47. The summed E-state index contributed by atoms with van der Waals surface area (Å²) in [4.78, 5) is 4.14. The Morgan fingerprint density at radius 1 is 1.27 bits per heavy atom. The summed E-state index contributed by atoms with van der Waals surface area (Å²) >= 11 is 0. The Labute approximate surface area is 88.1 Å². The van der Waals surface area contributed by atoms with E-state index in [4.69, 9.17) is 10.3 Å². The molecule has 0 unspecified atom stereocenters. The van der Waals surface area contributed by atoms with E-state index in [1.165, 1.54) is 5.56 Å². The van der Waals surface area contributed by atoms with E-state index < -0.39 is 0 Å². The molecule has 2 N–H and O–H groups in total. The first-order valence-electron chi connectivity index (χ1n) is 4.85. The molecular formula is C11H13N3O. The van der Waals surface area contributed by atoms with Gasteiger partial charge < -0.3 is 10.3 Å². The van der Waals surface area contributed by atoms with Gasteiger partial charge in [0.15, 0.2) is 5.82 Å². The lowest BCUT2D eigenvalue weighted by Gasteiger charge is -1.96. The maximum absolute atomic E-state index is 5.39. The minimum absolute atomic E-state index is 0.317. The summed E-state index contributed by atoms with van der Waals surface area (Å²) in [6.07, 6.45) is 0.660. The van der Waals surface area contributed by atoms with Crippen molar-refractivity contribution in [2.24, 2.45) is 5.73 Å². The zero-order valence-corrected chi connectivity index (χ0v) is 8.60. The van der Waals surface area contributed by atoms with Crippen LogP contribution in [0.3, 0.4) is 0 Å². The van der Waals surface area contributed by atoms with Crippen LogP contribution in [0.4, 0.5) is 0 Å². The van der Waals surface area contributed by atoms with Gasteiger partial charge >= 0.3 is 0 Å². The molecule has 0 atom stereocenters. The van der Waals surface area contributed by atoms with E-state index in [1.807, 2.05) is 0 Å².